The van der Waals surface area contributed by atoms with Gasteiger partial charge in [0, 0.05) is 22.9 Å². The molecule has 3 aromatic carbocycles. The molecule has 34 heavy (non-hydrogen) atoms. The van der Waals surface area contributed by atoms with Gasteiger partial charge in [0.25, 0.3) is 11.8 Å². The van der Waals surface area contributed by atoms with Gasteiger partial charge in [0.2, 0.25) is 0 Å². The molecule has 0 radical (unpaired) electrons. The molecule has 172 valence electrons. The maximum absolute atomic E-state index is 14.3. The Balaban J connectivity index is 1.56. The minimum Gasteiger partial charge on any atom is -0.496 e. The Morgan fingerprint density at radius 3 is 2.47 bits per heavy atom. The van der Waals surface area contributed by atoms with Crippen molar-refractivity contribution in [3.63, 3.8) is 0 Å². The summed E-state index contributed by atoms with van der Waals surface area (Å²) < 4.78 is 31.0. The van der Waals surface area contributed by atoms with Gasteiger partial charge in [-0.25, -0.2) is 4.39 Å². The maximum Gasteiger partial charge on any atom is 0.278 e. The van der Waals surface area contributed by atoms with Crippen molar-refractivity contribution in [3.8, 4) is 17.2 Å². The molecule has 3 aromatic rings. The molecule has 0 atom stereocenters. The first kappa shape index (κ1) is 21.5. The Morgan fingerprint density at radius 2 is 1.68 bits per heavy atom. The van der Waals surface area contributed by atoms with Crippen molar-refractivity contribution in [2.24, 2.45) is 0 Å². The number of benzene rings is 3. The summed E-state index contributed by atoms with van der Waals surface area (Å²) in [4.78, 5) is 28.0. The van der Waals surface area contributed by atoms with Crippen LogP contribution < -0.4 is 19.5 Å². The van der Waals surface area contributed by atoms with Crippen LogP contribution in [0, 0.1) is 5.82 Å². The Labute approximate surface area is 195 Å². The first-order valence-electron chi connectivity index (χ1n) is 10.7. The molecule has 0 unspecified atom stereocenters. The number of carbonyl (C=O) groups excluding carboxylic acids is 2. The van der Waals surface area contributed by atoms with Crippen molar-refractivity contribution in [3.05, 3.63) is 89.4 Å². The molecule has 5 rings (SSSR count). The van der Waals surface area contributed by atoms with Gasteiger partial charge in [-0.15, -0.1) is 0 Å². The average molecular weight is 460 g/mol. The van der Waals surface area contributed by atoms with Crippen LogP contribution in [0.15, 0.2) is 72.4 Å². The highest BCUT2D eigenvalue weighted by molar-refractivity contribution is 6.37. The maximum atomic E-state index is 14.3. The summed E-state index contributed by atoms with van der Waals surface area (Å²) in [5.74, 6) is -0.0219. The predicted octanol–water partition coefficient (Wildman–Crippen LogP) is 4.00. The fourth-order valence-corrected chi connectivity index (χ4v) is 4.00. The molecule has 2 heterocycles. The molecule has 0 spiro atoms. The summed E-state index contributed by atoms with van der Waals surface area (Å²) in [5, 5.41) is 3.08. The van der Waals surface area contributed by atoms with Gasteiger partial charge in [0.1, 0.15) is 30.5 Å². The van der Waals surface area contributed by atoms with Crippen molar-refractivity contribution in [1.82, 2.24) is 4.90 Å². The minimum absolute atomic E-state index is 0.0718. The third kappa shape index (κ3) is 3.83. The quantitative estimate of drug-likeness (QED) is 0.561. The number of imide groups is 1. The van der Waals surface area contributed by atoms with E-state index in [0.717, 1.165) is 4.90 Å². The van der Waals surface area contributed by atoms with Gasteiger partial charge in [-0.3, -0.25) is 14.5 Å². The number of methoxy groups -OCH3 is 1. The van der Waals surface area contributed by atoms with Crippen LogP contribution in [0.1, 0.15) is 11.1 Å². The number of hydrogen-bond acceptors (Lipinski definition) is 6. The number of nitrogens with one attached hydrogen (secondary N) is 1. The van der Waals surface area contributed by atoms with E-state index in [2.05, 4.69) is 5.32 Å². The van der Waals surface area contributed by atoms with Crippen LogP contribution in [0.4, 0.5) is 10.1 Å². The van der Waals surface area contributed by atoms with Crippen molar-refractivity contribution in [1.29, 1.82) is 0 Å². The second kappa shape index (κ2) is 8.90. The average Bonchev–Trinajstić information content (AvgIpc) is 3.09. The van der Waals surface area contributed by atoms with Crippen LogP contribution in [0.25, 0.3) is 5.57 Å². The molecule has 2 amide bonds. The molecular formula is C26H21FN2O5. The highest BCUT2D eigenvalue weighted by atomic mass is 19.1. The molecule has 0 fully saturated rings. The normalized spacial score (nSPS) is 15.1. The van der Waals surface area contributed by atoms with E-state index in [-0.39, 0.29) is 23.4 Å². The lowest BCUT2D eigenvalue weighted by atomic mass is 10.0. The van der Waals surface area contributed by atoms with Crippen LogP contribution in [-0.4, -0.2) is 37.0 Å². The Morgan fingerprint density at radius 1 is 0.941 bits per heavy atom. The molecule has 7 nitrogen and oxygen atoms in total. The van der Waals surface area contributed by atoms with Crippen LogP contribution in [0.2, 0.25) is 0 Å². The number of carbonyl (C=O) groups is 2. The van der Waals surface area contributed by atoms with Gasteiger partial charge < -0.3 is 19.5 Å². The second-order valence-electron chi connectivity index (χ2n) is 7.72. The largest absolute Gasteiger partial charge is 0.496 e. The van der Waals surface area contributed by atoms with E-state index in [1.165, 1.54) is 13.2 Å². The van der Waals surface area contributed by atoms with Gasteiger partial charge in [0.15, 0.2) is 11.5 Å². The topological polar surface area (TPSA) is 77.1 Å². The fraction of sp³-hybridized carbons (Fsp3) is 0.154. The van der Waals surface area contributed by atoms with Crippen molar-refractivity contribution in [2.75, 3.05) is 25.6 Å². The fourth-order valence-electron chi connectivity index (χ4n) is 4.00. The summed E-state index contributed by atoms with van der Waals surface area (Å²) >= 11 is 0. The smallest absolute Gasteiger partial charge is 0.278 e. The predicted molar refractivity (Wildman–Crippen MR) is 123 cm³/mol. The van der Waals surface area contributed by atoms with Crippen LogP contribution in [0.3, 0.4) is 0 Å². The van der Waals surface area contributed by atoms with E-state index in [1.807, 2.05) is 0 Å². The van der Waals surface area contributed by atoms with Crippen LogP contribution >= 0.6 is 0 Å². The lowest BCUT2D eigenvalue weighted by molar-refractivity contribution is -0.137. The third-order valence-electron chi connectivity index (χ3n) is 5.64. The van der Waals surface area contributed by atoms with Gasteiger partial charge in [-0.2, -0.15) is 0 Å². The zero-order chi connectivity index (χ0) is 23.7. The van der Waals surface area contributed by atoms with E-state index >= 15 is 0 Å². The summed E-state index contributed by atoms with van der Waals surface area (Å²) in [7, 11) is 1.49. The van der Waals surface area contributed by atoms with E-state index in [9.17, 15) is 14.0 Å². The number of halogens is 1. The first-order valence-corrected chi connectivity index (χ1v) is 10.7. The van der Waals surface area contributed by atoms with Crippen molar-refractivity contribution >= 4 is 23.1 Å². The van der Waals surface area contributed by atoms with Crippen LogP contribution in [-0.2, 0) is 16.1 Å². The second-order valence-corrected chi connectivity index (χ2v) is 7.72. The molecule has 1 N–H and O–H groups in total. The summed E-state index contributed by atoms with van der Waals surface area (Å²) in [6.45, 7) is 0.676. The summed E-state index contributed by atoms with van der Waals surface area (Å²) in [6.07, 6.45) is 0. The number of fused-ring (bicyclic) bond motifs is 1. The minimum atomic E-state index is -0.566. The highest BCUT2D eigenvalue weighted by Gasteiger charge is 2.40. The molecular weight excluding hydrogens is 439 g/mol. The van der Waals surface area contributed by atoms with E-state index in [4.69, 9.17) is 14.2 Å². The molecule has 2 aliphatic heterocycles. The van der Waals surface area contributed by atoms with Gasteiger partial charge >= 0.3 is 0 Å². The molecule has 0 bridgehead atoms. The number of anilines is 1. The summed E-state index contributed by atoms with van der Waals surface area (Å²) in [6, 6.07) is 18.2. The standard InChI is InChI=1S/C26H21FN2O5/c1-32-20-9-5-3-7-18(20)23-24(28-17-10-11-21-22(14-17)34-13-12-33-21)26(31)29(25(23)30)15-16-6-2-4-8-19(16)27/h2-11,14,28H,12-13,15H2,1H3. The summed E-state index contributed by atoms with van der Waals surface area (Å²) in [5.41, 5.74) is 1.46. The molecule has 0 aliphatic carbocycles. The van der Waals surface area contributed by atoms with Crippen LogP contribution in [0.5, 0.6) is 17.2 Å². The number of para-hydroxylation sites is 1. The molecule has 8 heteroatoms. The monoisotopic (exact) mass is 460 g/mol. The zero-order valence-electron chi connectivity index (χ0n) is 18.3. The Hall–Kier alpha value is -4.33. The first-order chi connectivity index (χ1) is 16.6. The molecule has 0 saturated heterocycles. The molecule has 0 aromatic heterocycles. The Kier molecular flexibility index (Phi) is 5.63. The van der Waals surface area contributed by atoms with E-state index < -0.39 is 17.6 Å². The van der Waals surface area contributed by atoms with Crippen molar-refractivity contribution < 1.29 is 28.2 Å². The van der Waals surface area contributed by atoms with Gasteiger partial charge in [-0.1, -0.05) is 36.4 Å². The lowest BCUT2D eigenvalue weighted by Crippen LogP contribution is -2.32. The SMILES string of the molecule is COc1ccccc1C1=C(Nc2ccc3c(c2)OCCO3)C(=O)N(Cc2ccccc2F)C1=O. The highest BCUT2D eigenvalue weighted by Crippen LogP contribution is 2.38. The third-order valence-corrected chi connectivity index (χ3v) is 5.64. The number of hydrogen-bond donors (Lipinski definition) is 1. The molecule has 2 aliphatic rings. The number of amides is 2. The van der Waals surface area contributed by atoms with E-state index in [1.54, 1.807) is 60.7 Å². The number of ether oxygens (including phenoxy) is 3. The lowest BCUT2D eigenvalue weighted by Gasteiger charge is -2.19. The zero-order valence-corrected chi connectivity index (χ0v) is 18.3. The Bertz CT molecular complexity index is 1320. The number of nitrogens with zero attached hydrogens (tertiary/aromatic N) is 1. The van der Waals surface area contributed by atoms with E-state index in [0.29, 0.717) is 41.7 Å². The molecule has 0 saturated carbocycles. The van der Waals surface area contributed by atoms with Gasteiger partial charge in [0.05, 0.1) is 19.2 Å². The number of rotatable bonds is 6. The van der Waals surface area contributed by atoms with Gasteiger partial charge in [-0.05, 0) is 24.3 Å². The van der Waals surface area contributed by atoms with Crippen molar-refractivity contribution in [2.45, 2.75) is 6.54 Å².